The van der Waals surface area contributed by atoms with Crippen LogP contribution in [0.2, 0.25) is 0 Å². The fraction of sp³-hybridized carbons (Fsp3) is 0.667. The summed E-state index contributed by atoms with van der Waals surface area (Å²) in [6.07, 6.45) is 1.34. The summed E-state index contributed by atoms with van der Waals surface area (Å²) in [5, 5.41) is 3.58. The molecule has 1 saturated carbocycles. The third-order valence-electron chi connectivity index (χ3n) is 5.17. The number of nitrogens with one attached hydrogen (secondary N) is 1. The van der Waals surface area contributed by atoms with Crippen molar-refractivity contribution in [3.63, 3.8) is 0 Å². The molecule has 20 heavy (non-hydrogen) atoms. The molecule has 1 aliphatic rings. The van der Waals surface area contributed by atoms with E-state index in [4.69, 9.17) is 4.74 Å². The summed E-state index contributed by atoms with van der Waals surface area (Å²) in [5.74, 6) is 2.25. The summed E-state index contributed by atoms with van der Waals surface area (Å²) in [6.45, 7) is 9.99. The smallest absolute Gasteiger partial charge is 0.0587 e. The predicted octanol–water partition coefficient (Wildman–Crippen LogP) is 3.69. The Kier molecular flexibility index (Phi) is 5.22. The first-order valence-electron chi connectivity index (χ1n) is 7.84. The topological polar surface area (TPSA) is 21.3 Å². The summed E-state index contributed by atoms with van der Waals surface area (Å²) < 4.78 is 5.12. The van der Waals surface area contributed by atoms with Crippen LogP contribution in [0.5, 0.6) is 0 Å². The molecule has 1 aliphatic carbocycles. The Morgan fingerprint density at radius 3 is 2.60 bits per heavy atom. The van der Waals surface area contributed by atoms with Crippen LogP contribution in [0.25, 0.3) is 0 Å². The van der Waals surface area contributed by atoms with Crippen molar-refractivity contribution in [2.75, 3.05) is 26.8 Å². The zero-order chi connectivity index (χ0) is 14.6. The van der Waals surface area contributed by atoms with Crippen molar-refractivity contribution in [3.8, 4) is 0 Å². The molecule has 0 bridgehead atoms. The first kappa shape index (κ1) is 15.5. The molecule has 1 aromatic rings. The summed E-state index contributed by atoms with van der Waals surface area (Å²) in [5.41, 5.74) is 1.88. The van der Waals surface area contributed by atoms with Crippen molar-refractivity contribution >= 4 is 0 Å². The van der Waals surface area contributed by atoms with Crippen LogP contribution in [0.3, 0.4) is 0 Å². The SMILES string of the molecule is COCCNCC(C)(C(C)C)C1CC1c1ccccc1. The molecule has 0 aliphatic heterocycles. The van der Waals surface area contributed by atoms with Crippen molar-refractivity contribution in [1.29, 1.82) is 0 Å². The maximum atomic E-state index is 5.12. The van der Waals surface area contributed by atoms with Crippen molar-refractivity contribution in [3.05, 3.63) is 35.9 Å². The molecular weight excluding hydrogens is 246 g/mol. The van der Waals surface area contributed by atoms with Gasteiger partial charge in [0.1, 0.15) is 0 Å². The van der Waals surface area contributed by atoms with Crippen LogP contribution in [0, 0.1) is 17.3 Å². The lowest BCUT2D eigenvalue weighted by atomic mass is 9.73. The molecule has 112 valence electrons. The molecular formula is C18H29NO. The maximum absolute atomic E-state index is 5.12. The molecule has 0 saturated heterocycles. The standard InChI is InChI=1S/C18H29NO/c1-14(2)18(3,13-19-10-11-20-4)17-12-16(17)15-8-6-5-7-9-15/h5-9,14,16-17,19H,10-13H2,1-4H3. The Hall–Kier alpha value is -0.860. The van der Waals surface area contributed by atoms with Crippen LogP contribution in [-0.2, 0) is 4.74 Å². The van der Waals surface area contributed by atoms with Crippen molar-refractivity contribution in [1.82, 2.24) is 5.32 Å². The Morgan fingerprint density at radius 1 is 1.30 bits per heavy atom. The number of benzene rings is 1. The van der Waals surface area contributed by atoms with Gasteiger partial charge in [-0.3, -0.25) is 0 Å². The van der Waals surface area contributed by atoms with Gasteiger partial charge in [0.25, 0.3) is 0 Å². The Bertz CT molecular complexity index is 403. The fourth-order valence-corrected chi connectivity index (χ4v) is 3.29. The minimum Gasteiger partial charge on any atom is -0.383 e. The average molecular weight is 275 g/mol. The summed E-state index contributed by atoms with van der Waals surface area (Å²) in [7, 11) is 1.76. The van der Waals surface area contributed by atoms with Gasteiger partial charge < -0.3 is 10.1 Å². The van der Waals surface area contributed by atoms with E-state index in [2.05, 4.69) is 56.4 Å². The highest BCUT2D eigenvalue weighted by atomic mass is 16.5. The molecule has 0 amide bonds. The number of hydrogen-bond donors (Lipinski definition) is 1. The number of hydrogen-bond acceptors (Lipinski definition) is 2. The minimum atomic E-state index is 0.369. The van der Waals surface area contributed by atoms with E-state index in [1.54, 1.807) is 7.11 Å². The molecule has 0 heterocycles. The number of ether oxygens (including phenoxy) is 1. The molecule has 0 spiro atoms. The number of methoxy groups -OCH3 is 1. The maximum Gasteiger partial charge on any atom is 0.0587 e. The van der Waals surface area contributed by atoms with Gasteiger partial charge in [0.15, 0.2) is 0 Å². The molecule has 2 rings (SSSR count). The first-order valence-corrected chi connectivity index (χ1v) is 7.84. The van der Waals surface area contributed by atoms with Crippen molar-refractivity contribution < 1.29 is 4.74 Å². The van der Waals surface area contributed by atoms with Crippen LogP contribution < -0.4 is 5.32 Å². The quantitative estimate of drug-likeness (QED) is 0.731. The number of rotatable bonds is 8. The molecule has 3 unspecified atom stereocenters. The van der Waals surface area contributed by atoms with E-state index in [-0.39, 0.29) is 0 Å². The third kappa shape index (κ3) is 3.42. The van der Waals surface area contributed by atoms with Gasteiger partial charge in [-0.15, -0.1) is 0 Å². The molecule has 0 aromatic heterocycles. The molecule has 3 atom stereocenters. The molecule has 2 heteroatoms. The highest BCUT2D eigenvalue weighted by Crippen LogP contribution is 2.59. The van der Waals surface area contributed by atoms with Gasteiger partial charge in [-0.1, -0.05) is 51.1 Å². The third-order valence-corrected chi connectivity index (χ3v) is 5.17. The van der Waals surface area contributed by atoms with Crippen molar-refractivity contribution in [2.45, 2.75) is 33.1 Å². The van der Waals surface area contributed by atoms with Crippen LogP contribution in [0.15, 0.2) is 30.3 Å². The molecule has 1 N–H and O–H groups in total. The summed E-state index contributed by atoms with van der Waals surface area (Å²) >= 11 is 0. The molecule has 1 aromatic carbocycles. The zero-order valence-corrected chi connectivity index (χ0v) is 13.4. The normalized spacial score (nSPS) is 24.6. The van der Waals surface area contributed by atoms with Gasteiger partial charge in [-0.25, -0.2) is 0 Å². The predicted molar refractivity (Wildman–Crippen MR) is 85.0 cm³/mol. The largest absolute Gasteiger partial charge is 0.383 e. The second kappa shape index (κ2) is 6.73. The van der Waals surface area contributed by atoms with Gasteiger partial charge in [-0.05, 0) is 35.2 Å². The van der Waals surface area contributed by atoms with Crippen molar-refractivity contribution in [2.24, 2.45) is 17.3 Å². The van der Waals surface area contributed by atoms with E-state index < -0.39 is 0 Å². The van der Waals surface area contributed by atoms with E-state index in [0.29, 0.717) is 11.3 Å². The highest BCUT2D eigenvalue weighted by molar-refractivity contribution is 5.27. The lowest BCUT2D eigenvalue weighted by molar-refractivity contribution is 0.153. The van der Waals surface area contributed by atoms with Gasteiger partial charge in [0.05, 0.1) is 6.61 Å². The van der Waals surface area contributed by atoms with Crippen LogP contribution in [-0.4, -0.2) is 26.8 Å². The Balaban J connectivity index is 1.96. The van der Waals surface area contributed by atoms with Crippen LogP contribution in [0.4, 0.5) is 0 Å². The van der Waals surface area contributed by atoms with Crippen LogP contribution in [0.1, 0.15) is 38.7 Å². The van der Waals surface area contributed by atoms with E-state index in [1.165, 1.54) is 12.0 Å². The lowest BCUT2D eigenvalue weighted by Crippen LogP contribution is -2.39. The first-order chi connectivity index (χ1) is 9.59. The summed E-state index contributed by atoms with van der Waals surface area (Å²) in [6, 6.07) is 11.0. The second-order valence-corrected chi connectivity index (χ2v) is 6.69. The Morgan fingerprint density at radius 2 is 2.00 bits per heavy atom. The monoisotopic (exact) mass is 275 g/mol. The zero-order valence-electron chi connectivity index (χ0n) is 13.4. The summed E-state index contributed by atoms with van der Waals surface area (Å²) in [4.78, 5) is 0. The van der Waals surface area contributed by atoms with E-state index in [1.807, 2.05) is 0 Å². The fourth-order valence-electron chi connectivity index (χ4n) is 3.29. The van der Waals surface area contributed by atoms with Gasteiger partial charge in [0, 0.05) is 20.2 Å². The average Bonchev–Trinajstić information content (AvgIpc) is 3.25. The van der Waals surface area contributed by atoms with E-state index in [0.717, 1.165) is 31.5 Å². The van der Waals surface area contributed by atoms with Crippen LogP contribution >= 0.6 is 0 Å². The minimum absolute atomic E-state index is 0.369. The molecule has 1 fully saturated rings. The second-order valence-electron chi connectivity index (χ2n) is 6.69. The van der Waals surface area contributed by atoms with E-state index in [9.17, 15) is 0 Å². The van der Waals surface area contributed by atoms with E-state index >= 15 is 0 Å². The molecule has 0 radical (unpaired) electrons. The Labute approximate surface area is 123 Å². The van der Waals surface area contributed by atoms with Gasteiger partial charge >= 0.3 is 0 Å². The lowest BCUT2D eigenvalue weighted by Gasteiger charge is -2.35. The van der Waals surface area contributed by atoms with Gasteiger partial charge in [0.2, 0.25) is 0 Å². The molecule has 2 nitrogen and oxygen atoms in total. The van der Waals surface area contributed by atoms with Gasteiger partial charge in [-0.2, -0.15) is 0 Å². The highest BCUT2D eigenvalue weighted by Gasteiger charge is 2.51.